The van der Waals surface area contributed by atoms with Crippen LogP contribution in [-0.4, -0.2) is 41.2 Å². The number of anilines is 3. The molecule has 0 spiro atoms. The predicted octanol–water partition coefficient (Wildman–Crippen LogP) is 8.43. The highest BCUT2D eigenvalue weighted by atomic mass is 79.9. The van der Waals surface area contributed by atoms with Crippen molar-refractivity contribution in [3.63, 3.8) is 0 Å². The van der Waals surface area contributed by atoms with E-state index in [4.69, 9.17) is 4.74 Å². The van der Waals surface area contributed by atoms with Gasteiger partial charge in [0.1, 0.15) is 12.4 Å². The van der Waals surface area contributed by atoms with Gasteiger partial charge in [-0.05, 0) is 60.9 Å². The molecule has 0 saturated heterocycles. The number of imidazole rings is 1. The van der Waals surface area contributed by atoms with E-state index in [1.54, 1.807) is 24.3 Å². The Balaban J connectivity index is 1.45. The number of nitrogens with one attached hydrogen (secondary N) is 3. The normalized spacial score (nSPS) is 14.5. The van der Waals surface area contributed by atoms with Gasteiger partial charge in [0.05, 0.1) is 33.3 Å². The summed E-state index contributed by atoms with van der Waals surface area (Å²) in [6.45, 7) is -1.50. The Morgan fingerprint density at radius 1 is 1.04 bits per heavy atom. The molecule has 1 aliphatic rings. The number of hydrogen-bond acceptors (Lipinski definition) is 5. The van der Waals surface area contributed by atoms with Crippen LogP contribution >= 0.6 is 15.9 Å². The Labute approximate surface area is 265 Å². The number of rotatable bonds is 11. The molecule has 0 unspecified atom stereocenters. The summed E-state index contributed by atoms with van der Waals surface area (Å²) >= 11 is 3.28. The van der Waals surface area contributed by atoms with Gasteiger partial charge in [0.25, 0.3) is 12.3 Å². The molecule has 3 N–H and O–H groups in total. The van der Waals surface area contributed by atoms with Crippen molar-refractivity contribution in [2.45, 2.75) is 38.2 Å². The van der Waals surface area contributed by atoms with Crippen molar-refractivity contribution in [3.05, 3.63) is 75.8 Å². The highest BCUT2D eigenvalue weighted by Crippen LogP contribution is 2.57. The number of halogens is 9. The van der Waals surface area contributed by atoms with Crippen molar-refractivity contribution in [2.75, 3.05) is 23.8 Å². The summed E-state index contributed by atoms with van der Waals surface area (Å²) < 4.78 is 115. The average Bonchev–Trinajstić information content (AvgIpc) is 3.72. The Hall–Kier alpha value is -3.92. The summed E-state index contributed by atoms with van der Waals surface area (Å²) in [5.41, 5.74) is -2.34. The molecule has 1 fully saturated rings. The predicted molar refractivity (Wildman–Crippen MR) is 158 cm³/mol. The lowest BCUT2D eigenvalue weighted by Gasteiger charge is -2.20. The first kappa shape index (κ1) is 33.4. The summed E-state index contributed by atoms with van der Waals surface area (Å²) in [4.78, 5) is 17.5. The van der Waals surface area contributed by atoms with Gasteiger partial charge < -0.3 is 25.3 Å². The highest BCUT2D eigenvalue weighted by Gasteiger charge is 2.62. The molecule has 1 aromatic heterocycles. The first-order chi connectivity index (χ1) is 21.6. The number of aryl methyl sites for hydroxylation is 1. The molecule has 7 nitrogen and oxygen atoms in total. The SMILES string of the molecule is Cn1c(Nc2cc(CNCC3(C(F)(F)F)CC3)ccc2C(F)(F)F)nc2cc(C(=O)Nc3ccc(Br)cc3)c(OCC(F)F)cc21. The van der Waals surface area contributed by atoms with Crippen molar-refractivity contribution in [1.29, 1.82) is 0 Å². The van der Waals surface area contributed by atoms with Gasteiger partial charge in [0.15, 0.2) is 0 Å². The summed E-state index contributed by atoms with van der Waals surface area (Å²) in [5, 5.41) is 7.98. The van der Waals surface area contributed by atoms with E-state index < -0.39 is 48.0 Å². The smallest absolute Gasteiger partial charge is 0.418 e. The molecule has 0 aliphatic heterocycles. The van der Waals surface area contributed by atoms with Gasteiger partial charge in [-0.15, -0.1) is 0 Å². The molecule has 0 atom stereocenters. The maximum Gasteiger partial charge on any atom is 0.418 e. The lowest BCUT2D eigenvalue weighted by atomic mass is 10.1. The van der Waals surface area contributed by atoms with Gasteiger partial charge in [-0.25, -0.2) is 13.8 Å². The van der Waals surface area contributed by atoms with Crippen LogP contribution in [0.25, 0.3) is 11.0 Å². The lowest BCUT2D eigenvalue weighted by molar-refractivity contribution is -0.185. The van der Waals surface area contributed by atoms with E-state index >= 15 is 0 Å². The minimum Gasteiger partial charge on any atom is -0.487 e. The number of ether oxygens (including phenoxy) is 1. The van der Waals surface area contributed by atoms with Crippen LogP contribution in [0.4, 0.5) is 52.4 Å². The number of alkyl halides is 8. The Morgan fingerprint density at radius 2 is 1.74 bits per heavy atom. The van der Waals surface area contributed by atoms with Gasteiger partial charge in [-0.1, -0.05) is 22.0 Å². The van der Waals surface area contributed by atoms with Gasteiger partial charge in [-0.2, -0.15) is 26.3 Å². The second kappa shape index (κ2) is 12.7. The van der Waals surface area contributed by atoms with E-state index in [0.717, 1.165) is 16.6 Å². The molecular weight excluding hydrogens is 694 g/mol. The third kappa shape index (κ3) is 7.38. The minimum absolute atomic E-state index is 0.0153. The van der Waals surface area contributed by atoms with Gasteiger partial charge in [0.2, 0.25) is 5.95 Å². The maximum atomic E-state index is 13.9. The van der Waals surface area contributed by atoms with Crippen LogP contribution in [0.1, 0.15) is 34.3 Å². The van der Waals surface area contributed by atoms with Gasteiger partial charge in [-0.3, -0.25) is 4.79 Å². The molecule has 16 heteroatoms. The molecular formula is C30H26BrF8N5O2. The zero-order valence-corrected chi connectivity index (χ0v) is 25.5. The van der Waals surface area contributed by atoms with Crippen LogP contribution < -0.4 is 20.7 Å². The average molecular weight is 720 g/mol. The van der Waals surface area contributed by atoms with E-state index in [2.05, 4.69) is 36.9 Å². The third-order valence-electron chi connectivity index (χ3n) is 7.58. The number of aromatic nitrogens is 2. The van der Waals surface area contributed by atoms with E-state index in [-0.39, 0.29) is 54.2 Å². The summed E-state index contributed by atoms with van der Waals surface area (Å²) in [7, 11) is 1.46. The van der Waals surface area contributed by atoms with Gasteiger partial charge in [0, 0.05) is 36.4 Å². The van der Waals surface area contributed by atoms with E-state index in [9.17, 15) is 39.9 Å². The number of hydrogen-bond donors (Lipinski definition) is 3. The molecule has 0 bridgehead atoms. The molecule has 5 rings (SSSR count). The quantitative estimate of drug-likeness (QED) is 0.136. The van der Waals surface area contributed by atoms with Crippen molar-refractivity contribution >= 4 is 50.2 Å². The molecule has 1 heterocycles. The summed E-state index contributed by atoms with van der Waals surface area (Å²) in [6, 6.07) is 12.3. The van der Waals surface area contributed by atoms with Crippen molar-refractivity contribution in [1.82, 2.24) is 14.9 Å². The van der Waals surface area contributed by atoms with Crippen LogP contribution in [0.2, 0.25) is 0 Å². The summed E-state index contributed by atoms with van der Waals surface area (Å²) in [5.74, 6) is -0.995. The van der Waals surface area contributed by atoms with Crippen molar-refractivity contribution in [2.24, 2.45) is 12.5 Å². The van der Waals surface area contributed by atoms with Crippen LogP contribution in [0.5, 0.6) is 5.75 Å². The zero-order chi connectivity index (χ0) is 33.4. The van der Waals surface area contributed by atoms with Crippen molar-refractivity contribution < 1.29 is 44.7 Å². The molecule has 0 radical (unpaired) electrons. The molecule has 3 aromatic carbocycles. The number of carbonyl (C=O) groups excluding carboxylic acids is 1. The number of carbonyl (C=O) groups is 1. The first-order valence-corrected chi connectivity index (χ1v) is 14.6. The molecule has 1 aliphatic carbocycles. The molecule has 46 heavy (non-hydrogen) atoms. The minimum atomic E-state index is -4.79. The largest absolute Gasteiger partial charge is 0.487 e. The van der Waals surface area contributed by atoms with Crippen molar-refractivity contribution in [3.8, 4) is 5.75 Å². The second-order valence-electron chi connectivity index (χ2n) is 10.9. The maximum absolute atomic E-state index is 13.9. The first-order valence-electron chi connectivity index (χ1n) is 13.8. The summed E-state index contributed by atoms with van der Waals surface area (Å²) in [6.07, 6.45) is -12.1. The highest BCUT2D eigenvalue weighted by molar-refractivity contribution is 9.10. The standard InChI is InChI=1S/C30H26BrF8N5O2/c1-44-23-12-24(46-14-25(32)33)19(26(45)41-18-5-3-17(31)4-6-18)11-22(23)43-27(44)42-21-10-16(2-7-20(21)29(34,35)36)13-40-15-28(8-9-28)30(37,38)39/h2-7,10-12,25,40H,8-9,13-15H2,1H3,(H,41,45)(H,42,43). The number of nitrogens with zero attached hydrogens (tertiary/aromatic N) is 2. The lowest BCUT2D eigenvalue weighted by Crippen LogP contribution is -2.35. The fraction of sp³-hybridized carbons (Fsp3) is 0.333. The Kier molecular flexibility index (Phi) is 9.23. The van der Waals surface area contributed by atoms with Gasteiger partial charge >= 0.3 is 12.4 Å². The molecule has 1 amide bonds. The van der Waals surface area contributed by atoms with E-state index in [1.165, 1.54) is 29.8 Å². The second-order valence-corrected chi connectivity index (χ2v) is 11.8. The fourth-order valence-electron chi connectivity index (χ4n) is 4.84. The third-order valence-corrected chi connectivity index (χ3v) is 8.11. The number of amides is 1. The van der Waals surface area contributed by atoms with E-state index in [0.29, 0.717) is 11.3 Å². The van der Waals surface area contributed by atoms with Crippen LogP contribution in [0.15, 0.2) is 59.1 Å². The number of benzene rings is 3. The monoisotopic (exact) mass is 719 g/mol. The molecule has 1 saturated carbocycles. The molecule has 4 aromatic rings. The van der Waals surface area contributed by atoms with Crippen LogP contribution in [0, 0.1) is 5.41 Å². The zero-order valence-electron chi connectivity index (χ0n) is 23.9. The topological polar surface area (TPSA) is 80.2 Å². The van der Waals surface area contributed by atoms with Crippen LogP contribution in [0.3, 0.4) is 0 Å². The van der Waals surface area contributed by atoms with E-state index in [1.807, 2.05) is 0 Å². The number of fused-ring (bicyclic) bond motifs is 1. The van der Waals surface area contributed by atoms with Crippen LogP contribution in [-0.2, 0) is 19.8 Å². The molecule has 246 valence electrons. The Bertz CT molecular complexity index is 1730. The fourth-order valence-corrected chi connectivity index (χ4v) is 5.11. The Morgan fingerprint density at radius 3 is 2.35 bits per heavy atom.